The maximum Gasteiger partial charge on any atom is 0.272 e. The number of carbonyl (C=O) groups excluding carboxylic acids is 1. The van der Waals surface area contributed by atoms with Crippen molar-refractivity contribution in [3.63, 3.8) is 0 Å². The number of ether oxygens (including phenoxy) is 2. The van der Waals surface area contributed by atoms with Crippen LogP contribution in [0, 0.1) is 6.92 Å². The van der Waals surface area contributed by atoms with Crippen molar-refractivity contribution < 1.29 is 23.0 Å². The number of aryl methyl sites for hydroxylation is 1. The van der Waals surface area contributed by atoms with Crippen molar-refractivity contribution in [2.75, 3.05) is 24.7 Å². The molecule has 3 aromatic rings. The number of anilines is 1. The first kappa shape index (κ1) is 20.5. The van der Waals surface area contributed by atoms with Gasteiger partial charge in [0.05, 0.1) is 42.3 Å². The fourth-order valence-electron chi connectivity index (χ4n) is 4.04. The van der Waals surface area contributed by atoms with Gasteiger partial charge in [-0.1, -0.05) is 0 Å². The highest BCUT2D eigenvalue weighted by atomic mass is 19.3. The highest BCUT2D eigenvalue weighted by Gasteiger charge is 2.33. The van der Waals surface area contributed by atoms with E-state index in [0.29, 0.717) is 48.1 Å². The molecule has 1 amide bonds. The van der Waals surface area contributed by atoms with Crippen LogP contribution < -0.4 is 9.64 Å². The molecule has 10 heteroatoms. The number of carbonyl (C=O) groups is 1. The number of pyridine rings is 2. The molecule has 0 N–H and O–H groups in total. The molecule has 0 unspecified atom stereocenters. The smallest absolute Gasteiger partial charge is 0.272 e. The molecule has 0 aromatic carbocycles. The highest BCUT2D eigenvalue weighted by Crippen LogP contribution is 2.32. The van der Waals surface area contributed by atoms with E-state index in [2.05, 4.69) is 15.1 Å². The van der Waals surface area contributed by atoms with E-state index >= 15 is 0 Å². The van der Waals surface area contributed by atoms with Crippen LogP contribution in [0.25, 0.3) is 11.3 Å². The van der Waals surface area contributed by atoms with Crippen LogP contribution in [0.2, 0.25) is 0 Å². The predicted molar refractivity (Wildman–Crippen MR) is 111 cm³/mol. The molecule has 2 aliphatic rings. The van der Waals surface area contributed by atoms with Gasteiger partial charge in [-0.15, -0.1) is 0 Å². The zero-order chi connectivity index (χ0) is 22.2. The van der Waals surface area contributed by atoms with Crippen LogP contribution in [-0.2, 0) is 11.3 Å². The Labute approximate surface area is 182 Å². The van der Waals surface area contributed by atoms with Gasteiger partial charge < -0.3 is 9.47 Å². The van der Waals surface area contributed by atoms with Crippen LogP contribution >= 0.6 is 0 Å². The van der Waals surface area contributed by atoms with Crippen LogP contribution in [0.4, 0.5) is 14.6 Å². The van der Waals surface area contributed by atoms with Gasteiger partial charge in [-0.2, -0.15) is 5.10 Å². The topological polar surface area (TPSA) is 82.4 Å². The molecule has 2 aliphatic heterocycles. The third-order valence-corrected chi connectivity index (χ3v) is 5.59. The minimum Gasteiger partial charge on any atom is -0.486 e. The molecule has 5 rings (SSSR count). The summed E-state index contributed by atoms with van der Waals surface area (Å²) in [5.41, 5.74) is 3.20. The Morgan fingerprint density at radius 3 is 2.97 bits per heavy atom. The van der Waals surface area contributed by atoms with Gasteiger partial charge in [0.15, 0.2) is 5.82 Å². The molecule has 0 spiro atoms. The third-order valence-electron chi connectivity index (χ3n) is 5.59. The third kappa shape index (κ3) is 3.81. The first-order chi connectivity index (χ1) is 15.5. The normalized spacial score (nSPS) is 17.9. The largest absolute Gasteiger partial charge is 0.486 e. The minimum atomic E-state index is -2.57. The minimum absolute atomic E-state index is 0.142. The summed E-state index contributed by atoms with van der Waals surface area (Å²) in [6.07, 6.45) is 3.16. The zero-order valence-electron chi connectivity index (χ0n) is 17.4. The predicted octanol–water partition coefficient (Wildman–Crippen LogP) is 3.41. The SMILES string of the molecule is Cc1cc(-c2cncc(OCC(F)F)c2)nc2c1C(=O)N(c1ccn([C@H]3CCOC3)n1)C2. The quantitative estimate of drug-likeness (QED) is 0.583. The zero-order valence-corrected chi connectivity index (χ0v) is 17.4. The van der Waals surface area contributed by atoms with Crippen molar-refractivity contribution in [1.82, 2.24) is 19.7 Å². The highest BCUT2D eigenvalue weighted by molar-refractivity contribution is 6.10. The number of amides is 1. The van der Waals surface area contributed by atoms with E-state index in [9.17, 15) is 13.6 Å². The van der Waals surface area contributed by atoms with Crippen LogP contribution in [0.5, 0.6) is 5.75 Å². The van der Waals surface area contributed by atoms with Crippen molar-refractivity contribution >= 4 is 11.7 Å². The second-order valence-electron chi connectivity index (χ2n) is 7.82. The lowest BCUT2D eigenvalue weighted by molar-refractivity contribution is 0.0817. The molecule has 5 heterocycles. The van der Waals surface area contributed by atoms with Crippen molar-refractivity contribution in [2.24, 2.45) is 0 Å². The number of fused-ring (bicyclic) bond motifs is 1. The van der Waals surface area contributed by atoms with Gasteiger partial charge in [0.25, 0.3) is 12.3 Å². The molecular formula is C22H21F2N5O3. The van der Waals surface area contributed by atoms with Crippen molar-refractivity contribution in [3.8, 4) is 17.0 Å². The maximum absolute atomic E-state index is 13.1. The lowest BCUT2D eigenvalue weighted by atomic mass is 10.1. The van der Waals surface area contributed by atoms with Crippen LogP contribution in [0.15, 0.2) is 36.8 Å². The molecule has 1 saturated heterocycles. The lowest BCUT2D eigenvalue weighted by Crippen LogP contribution is -2.24. The monoisotopic (exact) mass is 441 g/mol. The number of aromatic nitrogens is 4. The Bertz CT molecular complexity index is 1160. The van der Waals surface area contributed by atoms with Gasteiger partial charge in [0, 0.05) is 30.6 Å². The Morgan fingerprint density at radius 2 is 2.19 bits per heavy atom. The molecule has 0 aliphatic carbocycles. The van der Waals surface area contributed by atoms with E-state index in [0.717, 1.165) is 12.0 Å². The standard InChI is InChI=1S/C22H21F2N5O3/c1-13-6-17(14-7-16(9-25-8-14)32-12-19(23)24)26-18-10-28(22(30)21(13)18)20-2-4-29(27-20)15-3-5-31-11-15/h2,4,6-9,15,19H,3,5,10-12H2,1H3/t15-/m0/s1. The van der Waals surface area contributed by atoms with Gasteiger partial charge in [-0.25, -0.2) is 8.78 Å². The molecular weight excluding hydrogens is 420 g/mol. The number of halogens is 2. The summed E-state index contributed by atoms with van der Waals surface area (Å²) < 4.78 is 37.2. The average Bonchev–Trinajstić information content (AvgIpc) is 3.52. The summed E-state index contributed by atoms with van der Waals surface area (Å²) >= 11 is 0. The molecule has 1 fully saturated rings. The summed E-state index contributed by atoms with van der Waals surface area (Å²) in [4.78, 5) is 23.5. The van der Waals surface area contributed by atoms with E-state index in [4.69, 9.17) is 9.47 Å². The molecule has 1 atom stereocenters. The number of alkyl halides is 2. The van der Waals surface area contributed by atoms with Crippen LogP contribution in [0.1, 0.15) is 34.1 Å². The second-order valence-corrected chi connectivity index (χ2v) is 7.82. The molecule has 0 radical (unpaired) electrons. The summed E-state index contributed by atoms with van der Waals surface area (Å²) in [5, 5.41) is 4.59. The Kier molecular flexibility index (Phi) is 5.30. The fourth-order valence-corrected chi connectivity index (χ4v) is 4.04. The number of hydrogen-bond acceptors (Lipinski definition) is 6. The summed E-state index contributed by atoms with van der Waals surface area (Å²) in [5.74, 6) is 0.670. The molecule has 166 valence electrons. The van der Waals surface area contributed by atoms with E-state index in [1.807, 2.05) is 23.9 Å². The molecule has 32 heavy (non-hydrogen) atoms. The summed E-state index contributed by atoms with van der Waals surface area (Å²) in [7, 11) is 0. The summed E-state index contributed by atoms with van der Waals surface area (Å²) in [6.45, 7) is 2.78. The van der Waals surface area contributed by atoms with Crippen molar-refractivity contribution in [1.29, 1.82) is 0 Å². The summed E-state index contributed by atoms with van der Waals surface area (Å²) in [6, 6.07) is 5.42. The van der Waals surface area contributed by atoms with Gasteiger partial charge in [-0.05, 0) is 31.0 Å². The fraction of sp³-hybridized carbons (Fsp3) is 0.364. The van der Waals surface area contributed by atoms with Gasteiger partial charge >= 0.3 is 0 Å². The van der Waals surface area contributed by atoms with Gasteiger partial charge in [0.2, 0.25) is 0 Å². The Balaban J connectivity index is 1.41. The first-order valence-corrected chi connectivity index (χ1v) is 10.3. The lowest BCUT2D eigenvalue weighted by Gasteiger charge is -2.12. The molecule has 0 bridgehead atoms. The number of nitrogens with zero attached hydrogens (tertiary/aromatic N) is 5. The van der Waals surface area contributed by atoms with E-state index in [-0.39, 0.29) is 17.7 Å². The van der Waals surface area contributed by atoms with Crippen molar-refractivity contribution in [2.45, 2.75) is 32.4 Å². The Morgan fingerprint density at radius 1 is 1.31 bits per heavy atom. The average molecular weight is 441 g/mol. The first-order valence-electron chi connectivity index (χ1n) is 10.3. The molecule has 3 aromatic heterocycles. The molecule has 0 saturated carbocycles. The maximum atomic E-state index is 13.1. The van der Waals surface area contributed by atoms with Crippen LogP contribution in [0.3, 0.4) is 0 Å². The van der Waals surface area contributed by atoms with Gasteiger partial charge in [-0.3, -0.25) is 24.3 Å². The van der Waals surface area contributed by atoms with E-state index < -0.39 is 13.0 Å². The Hall–Kier alpha value is -3.40. The number of hydrogen-bond donors (Lipinski definition) is 0. The molecule has 8 nitrogen and oxygen atoms in total. The van der Waals surface area contributed by atoms with Crippen molar-refractivity contribution in [3.05, 3.63) is 53.6 Å². The van der Waals surface area contributed by atoms with E-state index in [1.54, 1.807) is 23.2 Å². The van der Waals surface area contributed by atoms with Gasteiger partial charge in [0.1, 0.15) is 12.4 Å². The van der Waals surface area contributed by atoms with E-state index in [1.165, 1.54) is 6.20 Å². The second kappa shape index (κ2) is 8.27. The van der Waals surface area contributed by atoms with Crippen LogP contribution in [-0.4, -0.2) is 51.9 Å². The number of rotatable bonds is 6.